The summed E-state index contributed by atoms with van der Waals surface area (Å²) in [5.74, 6) is -3.75. The van der Waals surface area contributed by atoms with Crippen molar-refractivity contribution in [3.05, 3.63) is 28.8 Å². The van der Waals surface area contributed by atoms with Crippen molar-refractivity contribution >= 4 is 23.2 Å². The van der Waals surface area contributed by atoms with Gasteiger partial charge >= 0.3 is 5.97 Å². The van der Waals surface area contributed by atoms with Gasteiger partial charge in [-0.2, -0.15) is 0 Å². The highest BCUT2D eigenvalue weighted by atomic mass is 79.9. The van der Waals surface area contributed by atoms with E-state index in [0.717, 1.165) is 0 Å². The summed E-state index contributed by atoms with van der Waals surface area (Å²) in [5, 5.41) is 14.6. The predicted molar refractivity (Wildman–Crippen MR) is 80.8 cm³/mol. The van der Waals surface area contributed by atoms with E-state index in [1.165, 1.54) is 0 Å². The van der Waals surface area contributed by atoms with Gasteiger partial charge in [-0.05, 0) is 12.8 Å². The zero-order chi connectivity index (χ0) is 18.1. The number of halogens is 1. The Morgan fingerprint density at radius 2 is 2.15 bits per heavy atom. The van der Waals surface area contributed by atoms with Crippen LogP contribution >= 0.6 is 0 Å². The molecule has 0 bridgehead atoms. The summed E-state index contributed by atoms with van der Waals surface area (Å²) in [6.07, 6.45) is 6.19. The maximum atomic E-state index is 12.4. The molecule has 140 valence electrons. The summed E-state index contributed by atoms with van der Waals surface area (Å²) in [4.78, 5) is 51.8. The molecule has 2 aliphatic rings. The number of rotatable bonds is 4. The Balaban J connectivity index is 0.00000243. The molecule has 11 heteroatoms. The summed E-state index contributed by atoms with van der Waals surface area (Å²) < 4.78 is 3.27. The van der Waals surface area contributed by atoms with Gasteiger partial charge in [-0.25, -0.2) is 13.9 Å². The lowest BCUT2D eigenvalue weighted by atomic mass is 9.77. The Kier molecular flexibility index (Phi) is 6.01. The van der Waals surface area contributed by atoms with Gasteiger partial charge in [0.15, 0.2) is 23.8 Å². The molecule has 3 atom stereocenters. The molecule has 3 unspecified atom stereocenters. The van der Waals surface area contributed by atoms with E-state index in [4.69, 9.17) is 0 Å². The molecule has 0 N–H and O–H groups in total. The van der Waals surface area contributed by atoms with Crippen LogP contribution in [0.5, 0.6) is 0 Å². The Bertz CT molecular complexity index is 789. The first-order valence-corrected chi connectivity index (χ1v) is 7.89. The van der Waals surface area contributed by atoms with Gasteiger partial charge in [-0.3, -0.25) is 19.7 Å². The highest BCUT2D eigenvalue weighted by Crippen LogP contribution is 2.38. The van der Waals surface area contributed by atoms with Crippen LogP contribution in [0.25, 0.3) is 0 Å². The fourth-order valence-corrected chi connectivity index (χ4v) is 3.48. The standard InChI is InChI=1S/C15H17N4O6.BrH/c1-17-5-6-18(8-17)7-11(20)25-16-13-14(21)9-3-2-4-10(19(23)24)12(9)15(13)22;/h5-6,8-10,12H,2-4,7H2,1H3;1H/q+1;/p-1/b16-13+;. The summed E-state index contributed by atoms with van der Waals surface area (Å²) in [6, 6.07) is -1.08. The highest BCUT2D eigenvalue weighted by Gasteiger charge is 2.56. The maximum Gasteiger partial charge on any atom is 0.376 e. The van der Waals surface area contributed by atoms with Gasteiger partial charge in [-0.15, -0.1) is 0 Å². The van der Waals surface area contributed by atoms with Gasteiger partial charge in [0.05, 0.1) is 7.05 Å². The molecule has 1 aromatic heterocycles. The maximum absolute atomic E-state index is 12.4. The summed E-state index contributed by atoms with van der Waals surface area (Å²) >= 11 is 0. The topological polar surface area (TPSA) is 125 Å². The lowest BCUT2D eigenvalue weighted by Crippen LogP contribution is -3.00. The van der Waals surface area contributed by atoms with Crippen molar-refractivity contribution in [2.75, 3.05) is 0 Å². The Morgan fingerprint density at radius 3 is 2.77 bits per heavy atom. The minimum absolute atomic E-state index is 0. The van der Waals surface area contributed by atoms with E-state index < -0.39 is 46.0 Å². The molecular formula is C15H17BrN4O6. The van der Waals surface area contributed by atoms with E-state index in [9.17, 15) is 24.5 Å². The molecule has 0 saturated heterocycles. The molecule has 0 spiro atoms. The van der Waals surface area contributed by atoms with E-state index >= 15 is 0 Å². The Labute approximate surface area is 158 Å². The van der Waals surface area contributed by atoms with E-state index in [1.807, 2.05) is 0 Å². The quantitative estimate of drug-likeness (QED) is 0.211. The SMILES string of the molecule is C[n+]1ccn(CC(=O)O/N=C2\C(=O)C3CCCC([N+](=O)[O-])C3C2=O)c1.[Br-]. The molecule has 0 radical (unpaired) electrons. The van der Waals surface area contributed by atoms with Crippen molar-refractivity contribution in [1.82, 2.24) is 4.57 Å². The number of aromatic nitrogens is 2. The van der Waals surface area contributed by atoms with E-state index in [1.54, 1.807) is 34.9 Å². The number of aryl methyl sites for hydroxylation is 1. The number of ketones is 2. The van der Waals surface area contributed by atoms with Crippen LogP contribution in [0, 0.1) is 22.0 Å². The highest BCUT2D eigenvalue weighted by molar-refractivity contribution is 6.70. The van der Waals surface area contributed by atoms with Gasteiger partial charge in [0.25, 0.3) is 0 Å². The largest absolute Gasteiger partial charge is 1.00 e. The average molecular weight is 429 g/mol. The molecule has 0 aliphatic heterocycles. The Hall–Kier alpha value is -2.43. The second-order valence-corrected chi connectivity index (χ2v) is 6.30. The lowest BCUT2D eigenvalue weighted by molar-refractivity contribution is -0.671. The number of oxime groups is 1. The zero-order valence-corrected chi connectivity index (χ0v) is 15.5. The van der Waals surface area contributed by atoms with Crippen molar-refractivity contribution in [1.29, 1.82) is 0 Å². The van der Waals surface area contributed by atoms with Gasteiger partial charge < -0.3 is 21.8 Å². The second-order valence-electron chi connectivity index (χ2n) is 6.30. The molecule has 2 fully saturated rings. The van der Waals surface area contributed by atoms with Gasteiger partial charge in [0.2, 0.25) is 12.4 Å². The number of imidazole rings is 1. The lowest BCUT2D eigenvalue weighted by Gasteiger charge is -2.24. The number of carbonyl (C=O) groups excluding carboxylic acids is 3. The number of Topliss-reactive ketones (excluding diaryl/α,β-unsaturated/α-hetero) is 2. The minimum atomic E-state index is -1.08. The molecule has 2 saturated carbocycles. The van der Waals surface area contributed by atoms with Crippen LogP contribution in [0.1, 0.15) is 19.3 Å². The fraction of sp³-hybridized carbons (Fsp3) is 0.533. The van der Waals surface area contributed by atoms with Gasteiger partial charge in [0.1, 0.15) is 18.3 Å². The first-order valence-electron chi connectivity index (χ1n) is 7.89. The third kappa shape index (κ3) is 3.71. The molecule has 0 amide bonds. The van der Waals surface area contributed by atoms with Crippen LogP contribution in [0.3, 0.4) is 0 Å². The van der Waals surface area contributed by atoms with Gasteiger partial charge in [-0.1, -0.05) is 5.16 Å². The van der Waals surface area contributed by atoms with Crippen LogP contribution in [0.4, 0.5) is 0 Å². The van der Waals surface area contributed by atoms with Crippen molar-refractivity contribution in [2.24, 2.45) is 24.0 Å². The molecule has 1 heterocycles. The van der Waals surface area contributed by atoms with Gasteiger partial charge in [0, 0.05) is 17.3 Å². The van der Waals surface area contributed by atoms with E-state index in [2.05, 4.69) is 9.99 Å². The summed E-state index contributed by atoms with van der Waals surface area (Å²) in [5.41, 5.74) is -0.491. The molecule has 26 heavy (non-hydrogen) atoms. The fourth-order valence-electron chi connectivity index (χ4n) is 3.48. The van der Waals surface area contributed by atoms with Crippen LogP contribution in [0.15, 0.2) is 23.9 Å². The smallest absolute Gasteiger partial charge is 0.376 e. The molecule has 0 aromatic carbocycles. The Morgan fingerprint density at radius 1 is 1.42 bits per heavy atom. The monoisotopic (exact) mass is 428 g/mol. The van der Waals surface area contributed by atoms with Crippen molar-refractivity contribution in [2.45, 2.75) is 31.8 Å². The van der Waals surface area contributed by atoms with Crippen LogP contribution < -0.4 is 21.5 Å². The minimum Gasteiger partial charge on any atom is -1.00 e. The van der Waals surface area contributed by atoms with Crippen molar-refractivity contribution in [3.63, 3.8) is 0 Å². The van der Waals surface area contributed by atoms with Crippen LogP contribution in [0.2, 0.25) is 0 Å². The first kappa shape index (κ1) is 19.9. The molecule has 3 rings (SSSR count). The summed E-state index contributed by atoms with van der Waals surface area (Å²) in [6.45, 7) is -0.135. The molecule has 2 aliphatic carbocycles. The molecule has 1 aromatic rings. The average Bonchev–Trinajstić information content (AvgIpc) is 3.08. The number of nitro groups is 1. The van der Waals surface area contributed by atoms with E-state index in [-0.39, 0.29) is 29.9 Å². The number of carbonyl (C=O) groups is 3. The first-order chi connectivity index (χ1) is 11.9. The number of hydrogen-bond donors (Lipinski definition) is 0. The van der Waals surface area contributed by atoms with E-state index in [0.29, 0.717) is 12.8 Å². The molecule has 10 nitrogen and oxygen atoms in total. The third-order valence-corrected chi connectivity index (χ3v) is 4.61. The number of nitrogens with zero attached hydrogens (tertiary/aromatic N) is 4. The van der Waals surface area contributed by atoms with Crippen LogP contribution in [-0.2, 0) is 32.8 Å². The predicted octanol–water partition coefficient (Wildman–Crippen LogP) is -3.57. The van der Waals surface area contributed by atoms with Crippen molar-refractivity contribution in [3.8, 4) is 0 Å². The number of hydrogen-bond acceptors (Lipinski definition) is 7. The van der Waals surface area contributed by atoms with Crippen molar-refractivity contribution < 1.29 is 45.7 Å². The normalized spacial score (nSPS) is 26.3. The molecular weight excluding hydrogens is 412 g/mol. The third-order valence-electron chi connectivity index (χ3n) is 4.61. The summed E-state index contributed by atoms with van der Waals surface area (Å²) in [7, 11) is 1.78. The zero-order valence-electron chi connectivity index (χ0n) is 13.9. The second kappa shape index (κ2) is 7.85. The van der Waals surface area contributed by atoms with Crippen LogP contribution in [-0.4, -0.2) is 38.8 Å². The number of fused-ring (bicyclic) bond motifs is 1.